The van der Waals surface area contributed by atoms with Crippen molar-refractivity contribution in [1.29, 1.82) is 0 Å². The lowest BCUT2D eigenvalue weighted by Crippen LogP contribution is -2.29. The average molecular weight is 304 g/mol. The standard InChI is InChI=1S/C17H18ClNS/c1-12(13-6-8-15(18)9-7-13)19-17-11-20-10-14-4-2-3-5-16(14)17/h2-9,12,17,19H,10-11H2,1H3/t12-,17?/m0/s1. The molecule has 1 aliphatic heterocycles. The Morgan fingerprint density at radius 3 is 2.70 bits per heavy atom. The van der Waals surface area contributed by atoms with Crippen LogP contribution in [0.5, 0.6) is 0 Å². The van der Waals surface area contributed by atoms with Gasteiger partial charge in [-0.2, -0.15) is 11.8 Å². The Balaban J connectivity index is 1.77. The highest BCUT2D eigenvalue weighted by molar-refractivity contribution is 7.98. The van der Waals surface area contributed by atoms with Crippen molar-refractivity contribution in [3.05, 3.63) is 70.2 Å². The van der Waals surface area contributed by atoms with E-state index in [1.807, 2.05) is 23.9 Å². The second kappa shape index (κ2) is 6.21. The van der Waals surface area contributed by atoms with Gasteiger partial charge in [0.15, 0.2) is 0 Å². The third kappa shape index (κ3) is 3.03. The van der Waals surface area contributed by atoms with Gasteiger partial charge in [0.05, 0.1) is 0 Å². The summed E-state index contributed by atoms with van der Waals surface area (Å²) in [7, 11) is 0. The lowest BCUT2D eigenvalue weighted by Gasteiger charge is -2.29. The van der Waals surface area contributed by atoms with Crippen LogP contribution in [0.3, 0.4) is 0 Å². The summed E-state index contributed by atoms with van der Waals surface area (Å²) in [4.78, 5) is 0. The van der Waals surface area contributed by atoms with Crippen molar-refractivity contribution in [2.75, 3.05) is 5.75 Å². The zero-order valence-electron chi connectivity index (χ0n) is 11.5. The van der Waals surface area contributed by atoms with E-state index in [1.165, 1.54) is 16.7 Å². The van der Waals surface area contributed by atoms with Crippen molar-refractivity contribution in [3.63, 3.8) is 0 Å². The summed E-state index contributed by atoms with van der Waals surface area (Å²) in [5, 5.41) is 4.54. The molecule has 2 aromatic rings. The largest absolute Gasteiger partial charge is 0.303 e. The lowest BCUT2D eigenvalue weighted by molar-refractivity contribution is 0.496. The predicted molar refractivity (Wildman–Crippen MR) is 88.3 cm³/mol. The Morgan fingerprint density at radius 2 is 1.90 bits per heavy atom. The molecule has 0 saturated carbocycles. The first-order valence-corrected chi connectivity index (χ1v) is 8.44. The highest BCUT2D eigenvalue weighted by atomic mass is 35.5. The van der Waals surface area contributed by atoms with Crippen LogP contribution in [0.15, 0.2) is 48.5 Å². The highest BCUT2D eigenvalue weighted by Gasteiger charge is 2.21. The van der Waals surface area contributed by atoms with Crippen molar-refractivity contribution in [1.82, 2.24) is 5.32 Å². The van der Waals surface area contributed by atoms with Gasteiger partial charge in [0.2, 0.25) is 0 Å². The summed E-state index contributed by atoms with van der Waals surface area (Å²) in [6.45, 7) is 2.21. The number of hydrogen-bond acceptors (Lipinski definition) is 2. The molecule has 104 valence electrons. The van der Waals surface area contributed by atoms with Crippen molar-refractivity contribution in [2.45, 2.75) is 24.8 Å². The van der Waals surface area contributed by atoms with Crippen molar-refractivity contribution < 1.29 is 0 Å². The van der Waals surface area contributed by atoms with Gasteiger partial charge in [-0.25, -0.2) is 0 Å². The van der Waals surface area contributed by atoms with Crippen LogP contribution in [0, 0.1) is 0 Å². The van der Waals surface area contributed by atoms with Crippen LogP contribution in [0.2, 0.25) is 5.02 Å². The minimum absolute atomic E-state index is 0.323. The third-order valence-corrected chi connectivity index (χ3v) is 5.13. The van der Waals surface area contributed by atoms with E-state index in [4.69, 9.17) is 11.6 Å². The van der Waals surface area contributed by atoms with Gasteiger partial charge < -0.3 is 5.32 Å². The maximum absolute atomic E-state index is 5.95. The number of nitrogens with one attached hydrogen (secondary N) is 1. The Hall–Kier alpha value is -0.960. The third-order valence-electron chi connectivity index (χ3n) is 3.79. The van der Waals surface area contributed by atoms with E-state index in [0.717, 1.165) is 16.5 Å². The van der Waals surface area contributed by atoms with Crippen LogP contribution in [0.4, 0.5) is 0 Å². The molecule has 1 heterocycles. The second-order valence-corrected chi connectivity index (χ2v) is 6.67. The van der Waals surface area contributed by atoms with Gasteiger partial charge in [-0.1, -0.05) is 48.0 Å². The van der Waals surface area contributed by atoms with E-state index in [1.54, 1.807) is 0 Å². The van der Waals surface area contributed by atoms with Gasteiger partial charge in [-0.3, -0.25) is 0 Å². The Labute approximate surface area is 129 Å². The molecule has 0 fully saturated rings. The number of hydrogen-bond donors (Lipinski definition) is 1. The molecule has 0 saturated heterocycles. The molecule has 0 aliphatic carbocycles. The zero-order valence-corrected chi connectivity index (χ0v) is 13.0. The molecular weight excluding hydrogens is 286 g/mol. The fourth-order valence-corrected chi connectivity index (χ4v) is 3.91. The average Bonchev–Trinajstić information content (AvgIpc) is 2.48. The van der Waals surface area contributed by atoms with E-state index in [9.17, 15) is 0 Å². The normalized spacial score (nSPS) is 19.4. The summed E-state index contributed by atoms with van der Waals surface area (Å²) in [6, 6.07) is 17.6. The number of fused-ring (bicyclic) bond motifs is 1. The first kappa shape index (κ1) is 14.0. The van der Waals surface area contributed by atoms with Crippen molar-refractivity contribution in [2.24, 2.45) is 0 Å². The molecule has 1 nitrogen and oxygen atoms in total. The van der Waals surface area contributed by atoms with Gasteiger partial charge in [0.1, 0.15) is 0 Å². The number of thioether (sulfide) groups is 1. The first-order valence-electron chi connectivity index (χ1n) is 6.91. The molecule has 3 heteroatoms. The van der Waals surface area contributed by atoms with Gasteiger partial charge in [-0.05, 0) is 35.7 Å². The minimum Gasteiger partial charge on any atom is -0.303 e. The van der Waals surface area contributed by atoms with Gasteiger partial charge in [0.25, 0.3) is 0 Å². The zero-order chi connectivity index (χ0) is 13.9. The van der Waals surface area contributed by atoms with E-state index in [-0.39, 0.29) is 0 Å². The maximum atomic E-state index is 5.95. The molecular formula is C17H18ClNS. The molecule has 1 aliphatic rings. The molecule has 0 bridgehead atoms. The Kier molecular flexibility index (Phi) is 4.35. The number of rotatable bonds is 3. The van der Waals surface area contributed by atoms with Crippen LogP contribution in [0.25, 0.3) is 0 Å². The summed E-state index contributed by atoms with van der Waals surface area (Å²) in [5.41, 5.74) is 4.19. The summed E-state index contributed by atoms with van der Waals surface area (Å²) in [5.74, 6) is 2.26. The van der Waals surface area contributed by atoms with E-state index in [0.29, 0.717) is 12.1 Å². The van der Waals surface area contributed by atoms with Crippen LogP contribution in [0.1, 0.15) is 35.7 Å². The van der Waals surface area contributed by atoms with Crippen molar-refractivity contribution in [3.8, 4) is 0 Å². The molecule has 20 heavy (non-hydrogen) atoms. The van der Waals surface area contributed by atoms with Crippen LogP contribution >= 0.6 is 23.4 Å². The lowest BCUT2D eigenvalue weighted by atomic mass is 10.00. The topological polar surface area (TPSA) is 12.0 Å². The number of benzene rings is 2. The highest BCUT2D eigenvalue weighted by Crippen LogP contribution is 2.33. The van der Waals surface area contributed by atoms with E-state index >= 15 is 0 Å². The molecule has 0 radical (unpaired) electrons. The molecule has 0 aromatic heterocycles. The molecule has 1 unspecified atom stereocenters. The first-order chi connectivity index (χ1) is 9.74. The van der Waals surface area contributed by atoms with Gasteiger partial charge in [0, 0.05) is 28.6 Å². The summed E-state index contributed by atoms with van der Waals surface area (Å²) < 4.78 is 0. The smallest absolute Gasteiger partial charge is 0.0419 e. The van der Waals surface area contributed by atoms with Crippen LogP contribution < -0.4 is 5.32 Å². The molecule has 1 N–H and O–H groups in total. The SMILES string of the molecule is C[C@H](NC1CSCc2ccccc21)c1ccc(Cl)cc1. The molecule has 0 spiro atoms. The van der Waals surface area contributed by atoms with E-state index < -0.39 is 0 Å². The summed E-state index contributed by atoms with van der Waals surface area (Å²) >= 11 is 7.95. The summed E-state index contributed by atoms with van der Waals surface area (Å²) in [6.07, 6.45) is 0. The Bertz CT molecular complexity index is 582. The molecule has 2 aromatic carbocycles. The predicted octanol–water partition coefficient (Wildman–Crippen LogP) is 4.98. The van der Waals surface area contributed by atoms with Crippen molar-refractivity contribution >= 4 is 23.4 Å². The van der Waals surface area contributed by atoms with E-state index in [2.05, 4.69) is 48.6 Å². The second-order valence-electron chi connectivity index (χ2n) is 5.21. The fourth-order valence-electron chi connectivity index (χ4n) is 2.67. The van der Waals surface area contributed by atoms with Gasteiger partial charge in [-0.15, -0.1) is 0 Å². The maximum Gasteiger partial charge on any atom is 0.0419 e. The van der Waals surface area contributed by atoms with Gasteiger partial charge >= 0.3 is 0 Å². The molecule has 2 atom stereocenters. The monoisotopic (exact) mass is 303 g/mol. The molecule has 3 rings (SSSR count). The number of halogens is 1. The van der Waals surface area contributed by atoms with Crippen LogP contribution in [-0.4, -0.2) is 5.75 Å². The molecule has 0 amide bonds. The quantitative estimate of drug-likeness (QED) is 0.858. The van der Waals surface area contributed by atoms with Crippen LogP contribution in [-0.2, 0) is 5.75 Å². The minimum atomic E-state index is 0.323. The Morgan fingerprint density at radius 1 is 1.15 bits per heavy atom. The fraction of sp³-hybridized carbons (Fsp3) is 0.294.